The lowest BCUT2D eigenvalue weighted by Crippen LogP contribution is -2.46. The number of benzene rings is 1. The number of hydrogen-bond donors (Lipinski definition) is 1. The Bertz CT molecular complexity index is 867. The van der Waals surface area contributed by atoms with Crippen molar-refractivity contribution in [2.75, 3.05) is 13.1 Å². The summed E-state index contributed by atoms with van der Waals surface area (Å²) >= 11 is 5.91. The van der Waals surface area contributed by atoms with Crippen LogP contribution >= 0.6 is 11.6 Å². The van der Waals surface area contributed by atoms with Crippen molar-refractivity contribution in [3.8, 4) is 0 Å². The average Bonchev–Trinajstić information content (AvgIpc) is 2.62. The number of piperidine rings is 1. The molecule has 6 nitrogen and oxygen atoms in total. The third kappa shape index (κ3) is 4.86. The monoisotopic (exact) mass is 401 g/mol. The number of nitrogens with zero attached hydrogens (tertiary/aromatic N) is 2. The third-order valence-corrected chi connectivity index (χ3v) is 4.35. The minimum Gasteiger partial charge on any atom is -0.361 e. The second-order valence-corrected chi connectivity index (χ2v) is 6.52. The van der Waals surface area contributed by atoms with Crippen LogP contribution in [0.4, 0.5) is 13.2 Å². The van der Waals surface area contributed by atoms with Crippen LogP contribution in [0.15, 0.2) is 30.3 Å². The Labute approximate surface area is 157 Å². The minimum absolute atomic E-state index is 0.0937. The van der Waals surface area contributed by atoms with Gasteiger partial charge in [0.1, 0.15) is 5.69 Å². The molecule has 10 heteroatoms. The lowest BCUT2D eigenvalue weighted by Gasteiger charge is -2.30. The standard InChI is InChI=1S/C17H15ClF3N3O3/c18-11-2-4-13-10(9-11)1-3-14(23-13)15(25)22-12-5-7-24(8-6-12)27-16(26)17(19,20)21/h1-4,9,12H,5-8H2,(H,22,25). The fourth-order valence-corrected chi connectivity index (χ4v) is 2.92. The molecule has 1 saturated heterocycles. The molecule has 1 aliphatic rings. The molecule has 1 aromatic carbocycles. The van der Waals surface area contributed by atoms with Crippen LogP contribution < -0.4 is 5.32 Å². The van der Waals surface area contributed by atoms with E-state index < -0.39 is 12.1 Å². The first kappa shape index (κ1) is 19.4. The van der Waals surface area contributed by atoms with Gasteiger partial charge in [-0.3, -0.25) is 4.79 Å². The highest BCUT2D eigenvalue weighted by Gasteiger charge is 2.43. The van der Waals surface area contributed by atoms with Crippen LogP contribution in [-0.4, -0.2) is 47.2 Å². The van der Waals surface area contributed by atoms with Gasteiger partial charge in [0.15, 0.2) is 0 Å². The Morgan fingerprint density at radius 2 is 1.89 bits per heavy atom. The van der Waals surface area contributed by atoms with E-state index in [0.29, 0.717) is 23.4 Å². The van der Waals surface area contributed by atoms with E-state index in [9.17, 15) is 22.8 Å². The summed E-state index contributed by atoms with van der Waals surface area (Å²) in [7, 11) is 0. The molecule has 0 aliphatic carbocycles. The quantitative estimate of drug-likeness (QED) is 0.855. The highest BCUT2D eigenvalue weighted by Crippen LogP contribution is 2.20. The van der Waals surface area contributed by atoms with Crippen LogP contribution in [0.25, 0.3) is 10.9 Å². The summed E-state index contributed by atoms with van der Waals surface area (Å²) in [4.78, 5) is 31.8. The molecule has 0 atom stereocenters. The Morgan fingerprint density at radius 3 is 2.56 bits per heavy atom. The second kappa shape index (κ2) is 7.69. The van der Waals surface area contributed by atoms with E-state index in [0.717, 1.165) is 10.4 Å². The maximum Gasteiger partial charge on any atom is 0.492 e. The van der Waals surface area contributed by atoms with Crippen molar-refractivity contribution in [2.24, 2.45) is 0 Å². The van der Waals surface area contributed by atoms with Crippen LogP contribution in [0.1, 0.15) is 23.3 Å². The van der Waals surface area contributed by atoms with E-state index in [1.54, 1.807) is 30.3 Å². The molecule has 0 radical (unpaired) electrons. The highest BCUT2D eigenvalue weighted by atomic mass is 35.5. The first-order chi connectivity index (χ1) is 12.7. The fraction of sp³-hybridized carbons (Fsp3) is 0.353. The number of amides is 1. The SMILES string of the molecule is O=C(NC1CCN(OC(=O)C(F)(F)F)CC1)c1ccc2cc(Cl)ccc2n1. The molecule has 0 bridgehead atoms. The van der Waals surface area contributed by atoms with Gasteiger partial charge in [0.25, 0.3) is 5.91 Å². The van der Waals surface area contributed by atoms with E-state index in [4.69, 9.17) is 11.6 Å². The van der Waals surface area contributed by atoms with Gasteiger partial charge in [0.2, 0.25) is 0 Å². The molecule has 3 rings (SSSR count). The van der Waals surface area contributed by atoms with Gasteiger partial charge >= 0.3 is 12.1 Å². The molecule has 0 spiro atoms. The van der Waals surface area contributed by atoms with E-state index in [2.05, 4.69) is 15.1 Å². The van der Waals surface area contributed by atoms with Crippen molar-refractivity contribution in [3.05, 3.63) is 41.0 Å². The smallest absolute Gasteiger partial charge is 0.361 e. The molecule has 2 aromatic rings. The Morgan fingerprint density at radius 1 is 1.19 bits per heavy atom. The van der Waals surface area contributed by atoms with Gasteiger partial charge in [-0.05, 0) is 37.1 Å². The van der Waals surface area contributed by atoms with E-state index in [1.165, 1.54) is 0 Å². The maximum atomic E-state index is 12.4. The molecule has 1 aliphatic heterocycles. The zero-order valence-corrected chi connectivity index (χ0v) is 14.7. The van der Waals surface area contributed by atoms with Crippen LogP contribution in [-0.2, 0) is 9.63 Å². The highest BCUT2D eigenvalue weighted by molar-refractivity contribution is 6.31. The molecule has 0 saturated carbocycles. The van der Waals surface area contributed by atoms with Crippen LogP contribution in [0, 0.1) is 0 Å². The number of aromatic nitrogens is 1. The number of hydroxylamine groups is 2. The molecule has 2 heterocycles. The predicted octanol–water partition coefficient (Wildman–Crippen LogP) is 3.10. The minimum atomic E-state index is -5.03. The van der Waals surface area contributed by atoms with Gasteiger partial charge in [-0.2, -0.15) is 13.2 Å². The van der Waals surface area contributed by atoms with Crippen molar-refractivity contribution in [2.45, 2.75) is 25.1 Å². The van der Waals surface area contributed by atoms with Gasteiger partial charge < -0.3 is 10.2 Å². The molecular formula is C17H15ClF3N3O3. The summed E-state index contributed by atoms with van der Waals surface area (Å²) in [5, 5.41) is 5.13. The number of alkyl halides is 3. The Hall–Kier alpha value is -2.39. The average molecular weight is 402 g/mol. The molecule has 1 aromatic heterocycles. The number of carbonyl (C=O) groups is 2. The van der Waals surface area contributed by atoms with Gasteiger partial charge in [0, 0.05) is 29.5 Å². The summed E-state index contributed by atoms with van der Waals surface area (Å²) < 4.78 is 36.6. The molecule has 144 valence electrons. The maximum absolute atomic E-state index is 12.4. The van der Waals surface area contributed by atoms with Crippen molar-refractivity contribution in [1.29, 1.82) is 0 Å². The molecule has 27 heavy (non-hydrogen) atoms. The summed E-state index contributed by atoms with van der Waals surface area (Å²) in [5.41, 5.74) is 0.858. The fourth-order valence-electron chi connectivity index (χ4n) is 2.74. The summed E-state index contributed by atoms with van der Waals surface area (Å²) in [6.45, 7) is 0.187. The number of fused-ring (bicyclic) bond motifs is 1. The van der Waals surface area contributed by atoms with E-state index >= 15 is 0 Å². The van der Waals surface area contributed by atoms with Crippen LogP contribution in [0.3, 0.4) is 0 Å². The number of pyridine rings is 1. The van der Waals surface area contributed by atoms with Gasteiger partial charge in [-0.25, -0.2) is 9.78 Å². The number of halogens is 4. The third-order valence-electron chi connectivity index (χ3n) is 4.12. The number of hydrogen-bond acceptors (Lipinski definition) is 5. The van der Waals surface area contributed by atoms with Crippen molar-refractivity contribution in [3.63, 3.8) is 0 Å². The van der Waals surface area contributed by atoms with Crippen molar-refractivity contribution >= 4 is 34.4 Å². The number of rotatable bonds is 3. The number of carbonyl (C=O) groups excluding carboxylic acids is 2. The second-order valence-electron chi connectivity index (χ2n) is 6.09. The normalized spacial score (nSPS) is 16.3. The van der Waals surface area contributed by atoms with Crippen molar-refractivity contribution in [1.82, 2.24) is 15.4 Å². The summed E-state index contributed by atoms with van der Waals surface area (Å²) in [6, 6.07) is 8.19. The van der Waals surface area contributed by atoms with Gasteiger partial charge in [0.05, 0.1) is 5.52 Å². The first-order valence-electron chi connectivity index (χ1n) is 8.13. The first-order valence-corrected chi connectivity index (χ1v) is 8.51. The van der Waals surface area contributed by atoms with Crippen LogP contribution in [0.5, 0.6) is 0 Å². The van der Waals surface area contributed by atoms with E-state index in [1.807, 2.05) is 0 Å². The van der Waals surface area contributed by atoms with E-state index in [-0.39, 0.29) is 30.7 Å². The lowest BCUT2D eigenvalue weighted by molar-refractivity contribution is -0.241. The largest absolute Gasteiger partial charge is 0.492 e. The molecule has 0 unspecified atom stereocenters. The van der Waals surface area contributed by atoms with Gasteiger partial charge in [-0.1, -0.05) is 17.7 Å². The predicted molar refractivity (Wildman–Crippen MR) is 91.0 cm³/mol. The Kier molecular flexibility index (Phi) is 5.52. The zero-order chi connectivity index (χ0) is 19.6. The molecule has 1 N–H and O–H groups in total. The Balaban J connectivity index is 1.55. The summed E-state index contributed by atoms with van der Waals surface area (Å²) in [6.07, 6.45) is -4.34. The summed E-state index contributed by atoms with van der Waals surface area (Å²) in [5.74, 6) is -2.62. The lowest BCUT2D eigenvalue weighted by atomic mass is 10.1. The molecular weight excluding hydrogens is 387 g/mol. The topological polar surface area (TPSA) is 71.5 Å². The van der Waals surface area contributed by atoms with Crippen molar-refractivity contribution < 1.29 is 27.6 Å². The molecule has 1 fully saturated rings. The molecule has 1 amide bonds. The zero-order valence-electron chi connectivity index (χ0n) is 13.9. The number of nitrogens with one attached hydrogen (secondary N) is 1. The van der Waals surface area contributed by atoms with Crippen LogP contribution in [0.2, 0.25) is 5.02 Å². The van der Waals surface area contributed by atoms with Gasteiger partial charge in [-0.15, -0.1) is 5.06 Å².